The Bertz CT molecular complexity index is 332. The van der Waals surface area contributed by atoms with E-state index in [4.69, 9.17) is 5.11 Å². The predicted molar refractivity (Wildman–Crippen MR) is 74.0 cm³/mol. The van der Waals surface area contributed by atoms with Gasteiger partial charge in [0.2, 0.25) is 0 Å². The predicted octanol–water partition coefficient (Wildman–Crippen LogP) is 2.32. The van der Waals surface area contributed by atoms with E-state index in [9.17, 15) is 9.59 Å². The van der Waals surface area contributed by atoms with Gasteiger partial charge in [0.1, 0.15) is 0 Å². The number of rotatable bonds is 4. The van der Waals surface area contributed by atoms with Gasteiger partial charge in [-0.15, -0.1) is 0 Å². The summed E-state index contributed by atoms with van der Waals surface area (Å²) in [4.78, 5) is 24.2. The van der Waals surface area contributed by atoms with Gasteiger partial charge < -0.3 is 15.3 Å². The van der Waals surface area contributed by atoms with E-state index >= 15 is 0 Å². The van der Waals surface area contributed by atoms with Crippen LogP contribution in [-0.4, -0.2) is 41.6 Å². The molecule has 1 unspecified atom stereocenters. The first-order valence-corrected chi connectivity index (χ1v) is 6.96. The van der Waals surface area contributed by atoms with Gasteiger partial charge in [0.05, 0.1) is 5.92 Å². The Balaban J connectivity index is 2.37. The number of hydrogen-bond donors (Lipinski definition) is 2. The number of hydrogen-bond acceptors (Lipinski definition) is 2. The summed E-state index contributed by atoms with van der Waals surface area (Å²) >= 11 is 0. The van der Waals surface area contributed by atoms with Crippen LogP contribution in [0.5, 0.6) is 0 Å². The molecule has 1 aliphatic carbocycles. The van der Waals surface area contributed by atoms with Crippen molar-refractivity contribution in [1.29, 1.82) is 0 Å². The van der Waals surface area contributed by atoms with Crippen LogP contribution in [0.4, 0.5) is 4.79 Å². The Morgan fingerprint density at radius 3 is 2.37 bits per heavy atom. The largest absolute Gasteiger partial charge is 0.481 e. The van der Waals surface area contributed by atoms with Crippen LogP contribution in [0.25, 0.3) is 0 Å². The van der Waals surface area contributed by atoms with Crippen LogP contribution in [-0.2, 0) is 4.79 Å². The summed E-state index contributed by atoms with van der Waals surface area (Å²) < 4.78 is 0. The van der Waals surface area contributed by atoms with Crippen molar-refractivity contribution in [1.82, 2.24) is 10.2 Å². The first-order chi connectivity index (χ1) is 8.71. The molecule has 0 bridgehead atoms. The van der Waals surface area contributed by atoms with Crippen molar-refractivity contribution in [3.8, 4) is 0 Å². The number of carbonyl (C=O) groups is 2. The van der Waals surface area contributed by atoms with Crippen molar-refractivity contribution in [3.05, 3.63) is 0 Å². The van der Waals surface area contributed by atoms with Gasteiger partial charge in [-0.3, -0.25) is 4.79 Å². The molecule has 1 aliphatic rings. The highest BCUT2D eigenvalue weighted by molar-refractivity contribution is 5.76. The highest BCUT2D eigenvalue weighted by atomic mass is 16.4. The SMILES string of the molecule is CC(CN(C)C(=O)NC1CCC(C)(C)CC1)C(=O)O. The zero-order valence-corrected chi connectivity index (χ0v) is 12.4. The first-order valence-electron chi connectivity index (χ1n) is 6.96. The number of carbonyl (C=O) groups excluding carboxylic acids is 1. The third-order valence-corrected chi connectivity index (χ3v) is 3.98. The second-order valence-corrected chi connectivity index (χ2v) is 6.51. The zero-order valence-electron chi connectivity index (χ0n) is 12.4. The second-order valence-electron chi connectivity index (χ2n) is 6.51. The number of nitrogens with one attached hydrogen (secondary N) is 1. The summed E-state index contributed by atoms with van der Waals surface area (Å²) in [6.07, 6.45) is 4.24. The number of carboxylic acids is 1. The topological polar surface area (TPSA) is 69.6 Å². The van der Waals surface area contributed by atoms with Crippen LogP contribution in [0.1, 0.15) is 46.5 Å². The van der Waals surface area contributed by atoms with E-state index in [-0.39, 0.29) is 18.6 Å². The van der Waals surface area contributed by atoms with Crippen molar-refractivity contribution in [2.24, 2.45) is 11.3 Å². The van der Waals surface area contributed by atoms with Crippen LogP contribution in [0.2, 0.25) is 0 Å². The Morgan fingerprint density at radius 1 is 1.37 bits per heavy atom. The maximum absolute atomic E-state index is 12.0. The Morgan fingerprint density at radius 2 is 1.89 bits per heavy atom. The minimum Gasteiger partial charge on any atom is -0.481 e. The Kier molecular flexibility index (Phi) is 5.20. The Hall–Kier alpha value is -1.26. The average Bonchev–Trinajstić information content (AvgIpc) is 2.31. The molecule has 0 saturated heterocycles. The minimum atomic E-state index is -0.876. The van der Waals surface area contributed by atoms with Crippen molar-refractivity contribution < 1.29 is 14.7 Å². The lowest BCUT2D eigenvalue weighted by Crippen LogP contribution is -2.46. The summed E-state index contributed by atoms with van der Waals surface area (Å²) in [7, 11) is 1.64. The summed E-state index contributed by atoms with van der Waals surface area (Å²) in [5, 5.41) is 11.8. The molecule has 0 aromatic rings. The van der Waals surface area contributed by atoms with E-state index < -0.39 is 11.9 Å². The summed E-state index contributed by atoms with van der Waals surface area (Å²) in [6.45, 7) is 6.35. The molecular weight excluding hydrogens is 244 g/mol. The van der Waals surface area contributed by atoms with E-state index in [1.807, 2.05) is 0 Å². The molecule has 1 saturated carbocycles. The third kappa shape index (κ3) is 5.09. The molecule has 110 valence electrons. The van der Waals surface area contributed by atoms with E-state index in [0.717, 1.165) is 25.7 Å². The fourth-order valence-corrected chi connectivity index (χ4v) is 2.40. The molecule has 2 N–H and O–H groups in total. The van der Waals surface area contributed by atoms with Gasteiger partial charge in [-0.05, 0) is 31.1 Å². The zero-order chi connectivity index (χ0) is 14.6. The van der Waals surface area contributed by atoms with Crippen molar-refractivity contribution in [2.45, 2.75) is 52.5 Å². The lowest BCUT2D eigenvalue weighted by atomic mass is 9.75. The van der Waals surface area contributed by atoms with Crippen LogP contribution >= 0.6 is 0 Å². The molecule has 0 spiro atoms. The van der Waals surface area contributed by atoms with Gasteiger partial charge in [0.25, 0.3) is 0 Å². The lowest BCUT2D eigenvalue weighted by Gasteiger charge is -2.35. The molecule has 0 aromatic carbocycles. The Labute approximate surface area is 115 Å². The molecule has 1 fully saturated rings. The number of nitrogens with zero attached hydrogens (tertiary/aromatic N) is 1. The summed E-state index contributed by atoms with van der Waals surface area (Å²) in [6, 6.07) is 0.0564. The van der Waals surface area contributed by atoms with Crippen LogP contribution in [0, 0.1) is 11.3 Å². The van der Waals surface area contributed by atoms with E-state index in [2.05, 4.69) is 19.2 Å². The van der Waals surface area contributed by atoms with E-state index in [0.29, 0.717) is 5.41 Å². The highest BCUT2D eigenvalue weighted by Crippen LogP contribution is 2.34. The molecule has 0 aliphatic heterocycles. The van der Waals surface area contributed by atoms with Crippen molar-refractivity contribution in [2.75, 3.05) is 13.6 Å². The molecule has 0 heterocycles. The molecule has 1 atom stereocenters. The van der Waals surface area contributed by atoms with Gasteiger partial charge in [-0.2, -0.15) is 0 Å². The summed E-state index contributed by atoms with van der Waals surface area (Å²) in [5.41, 5.74) is 0.380. The van der Waals surface area contributed by atoms with Gasteiger partial charge in [-0.1, -0.05) is 20.8 Å². The average molecular weight is 270 g/mol. The van der Waals surface area contributed by atoms with Gasteiger partial charge in [0, 0.05) is 19.6 Å². The van der Waals surface area contributed by atoms with Gasteiger partial charge >= 0.3 is 12.0 Å². The normalized spacial score (nSPS) is 20.6. The van der Waals surface area contributed by atoms with Crippen LogP contribution in [0.3, 0.4) is 0 Å². The molecule has 0 radical (unpaired) electrons. The maximum atomic E-state index is 12.0. The fourth-order valence-electron chi connectivity index (χ4n) is 2.40. The quantitative estimate of drug-likeness (QED) is 0.823. The van der Waals surface area contributed by atoms with Crippen molar-refractivity contribution >= 4 is 12.0 Å². The van der Waals surface area contributed by atoms with Crippen LogP contribution in [0.15, 0.2) is 0 Å². The number of carboxylic acid groups (broad SMARTS) is 1. The smallest absolute Gasteiger partial charge is 0.317 e. The van der Waals surface area contributed by atoms with E-state index in [1.54, 1.807) is 14.0 Å². The van der Waals surface area contributed by atoms with Crippen molar-refractivity contribution in [3.63, 3.8) is 0 Å². The molecule has 1 rings (SSSR count). The highest BCUT2D eigenvalue weighted by Gasteiger charge is 2.28. The number of amides is 2. The monoisotopic (exact) mass is 270 g/mol. The molecule has 19 heavy (non-hydrogen) atoms. The van der Waals surface area contributed by atoms with Gasteiger partial charge in [-0.25, -0.2) is 4.79 Å². The summed E-state index contributed by atoms with van der Waals surface area (Å²) in [5.74, 6) is -1.42. The fraction of sp³-hybridized carbons (Fsp3) is 0.857. The van der Waals surface area contributed by atoms with Crippen LogP contribution < -0.4 is 5.32 Å². The molecule has 2 amide bonds. The maximum Gasteiger partial charge on any atom is 0.317 e. The molecule has 5 nitrogen and oxygen atoms in total. The first kappa shape index (κ1) is 15.8. The lowest BCUT2D eigenvalue weighted by molar-refractivity contribution is -0.141. The standard InChI is InChI=1S/C14H26N2O3/c1-10(12(17)18)9-16(4)13(19)15-11-5-7-14(2,3)8-6-11/h10-11H,5-9H2,1-4H3,(H,15,19)(H,17,18). The minimum absolute atomic E-state index is 0.169. The number of urea groups is 1. The van der Waals surface area contributed by atoms with Gasteiger partial charge in [0.15, 0.2) is 0 Å². The molecular formula is C14H26N2O3. The third-order valence-electron chi connectivity index (χ3n) is 3.98. The molecule has 0 aromatic heterocycles. The number of aliphatic carboxylic acids is 1. The molecule has 5 heteroatoms. The second kappa shape index (κ2) is 6.26. The van der Waals surface area contributed by atoms with E-state index in [1.165, 1.54) is 4.90 Å².